The summed E-state index contributed by atoms with van der Waals surface area (Å²) in [5.41, 5.74) is 5.85. The number of aromatic nitrogens is 3. The molecule has 0 unspecified atom stereocenters. The van der Waals surface area contributed by atoms with Gasteiger partial charge in [-0.15, -0.1) is 0 Å². The van der Waals surface area contributed by atoms with E-state index in [1.54, 1.807) is 6.07 Å². The minimum absolute atomic E-state index is 0.0264. The van der Waals surface area contributed by atoms with Gasteiger partial charge in [0.1, 0.15) is 28.5 Å². The lowest BCUT2D eigenvalue weighted by atomic mass is 9.85. The molecule has 0 bridgehead atoms. The van der Waals surface area contributed by atoms with Crippen LogP contribution in [-0.4, -0.2) is 44.5 Å². The number of anilines is 2. The number of nitrogens with zero attached hydrogens (tertiary/aromatic N) is 5. The third-order valence-electron chi connectivity index (χ3n) is 6.24. The molecule has 3 heterocycles. The van der Waals surface area contributed by atoms with E-state index in [-0.39, 0.29) is 17.3 Å². The van der Waals surface area contributed by atoms with Crippen LogP contribution >= 0.6 is 11.8 Å². The number of thioether (sulfide) groups is 1. The van der Waals surface area contributed by atoms with Crippen molar-refractivity contribution in [3.05, 3.63) is 53.7 Å². The molecule has 0 radical (unpaired) electrons. The summed E-state index contributed by atoms with van der Waals surface area (Å²) in [5.74, 6) is -4.84. The van der Waals surface area contributed by atoms with Crippen molar-refractivity contribution in [2.75, 3.05) is 19.0 Å². The zero-order valence-electron chi connectivity index (χ0n) is 18.0. The first-order chi connectivity index (χ1) is 16.2. The molecule has 12 heteroatoms. The first kappa shape index (κ1) is 22.4. The SMILES string of the molecule is COC[C@@]12SC(N)=N[C@@](C)(c3cc(Nc4ncnc5cc(C#N)cnc45)ccc3F)[C@@H]1C2(F)F. The summed E-state index contributed by atoms with van der Waals surface area (Å²) in [7, 11) is 1.34. The van der Waals surface area contributed by atoms with Crippen LogP contribution in [0.1, 0.15) is 18.1 Å². The molecular weight excluding hydrogens is 467 g/mol. The molecule has 5 rings (SSSR count). The van der Waals surface area contributed by atoms with Gasteiger partial charge in [0.2, 0.25) is 0 Å². The Hall–Kier alpha value is -3.43. The van der Waals surface area contributed by atoms with Crippen LogP contribution < -0.4 is 11.1 Å². The minimum Gasteiger partial charge on any atom is -0.383 e. The van der Waals surface area contributed by atoms with Gasteiger partial charge < -0.3 is 15.8 Å². The largest absolute Gasteiger partial charge is 0.383 e. The summed E-state index contributed by atoms with van der Waals surface area (Å²) in [5, 5.41) is 12.1. The van der Waals surface area contributed by atoms with Gasteiger partial charge >= 0.3 is 0 Å². The Bertz CT molecular complexity index is 1390. The molecule has 1 fully saturated rings. The van der Waals surface area contributed by atoms with Crippen LogP contribution in [-0.2, 0) is 10.3 Å². The zero-order chi connectivity index (χ0) is 24.3. The first-order valence-electron chi connectivity index (χ1n) is 10.2. The quantitative estimate of drug-likeness (QED) is 0.561. The van der Waals surface area contributed by atoms with Crippen molar-refractivity contribution in [2.24, 2.45) is 16.6 Å². The van der Waals surface area contributed by atoms with E-state index in [4.69, 9.17) is 15.7 Å². The number of ether oxygens (including phenoxy) is 1. The lowest BCUT2D eigenvalue weighted by molar-refractivity contribution is 0.0637. The van der Waals surface area contributed by atoms with Crippen molar-refractivity contribution >= 4 is 39.5 Å². The van der Waals surface area contributed by atoms with Crippen LogP contribution in [0.3, 0.4) is 0 Å². The van der Waals surface area contributed by atoms with Gasteiger partial charge in [-0.25, -0.2) is 28.1 Å². The van der Waals surface area contributed by atoms with E-state index in [2.05, 4.69) is 25.3 Å². The summed E-state index contributed by atoms with van der Waals surface area (Å²) < 4.78 is 48.7. The van der Waals surface area contributed by atoms with Crippen LogP contribution in [0.5, 0.6) is 0 Å². The molecule has 34 heavy (non-hydrogen) atoms. The molecule has 1 saturated carbocycles. The molecule has 1 aliphatic heterocycles. The van der Waals surface area contributed by atoms with Crippen LogP contribution in [0.25, 0.3) is 11.0 Å². The molecule has 2 aliphatic rings. The number of nitrogens with one attached hydrogen (secondary N) is 1. The van der Waals surface area contributed by atoms with E-state index in [0.717, 1.165) is 11.8 Å². The maximum Gasteiger partial charge on any atom is 0.272 e. The number of pyridine rings is 1. The van der Waals surface area contributed by atoms with Gasteiger partial charge in [0, 0.05) is 24.6 Å². The zero-order valence-corrected chi connectivity index (χ0v) is 18.8. The summed E-state index contributed by atoms with van der Waals surface area (Å²) in [4.78, 5) is 16.8. The Balaban J connectivity index is 1.56. The molecule has 3 atom stereocenters. The highest BCUT2D eigenvalue weighted by Gasteiger charge is 2.87. The fraction of sp³-hybridized carbons (Fsp3) is 0.318. The molecule has 174 valence electrons. The third-order valence-corrected chi connectivity index (χ3v) is 7.53. The maximum absolute atomic E-state index is 15.1. The number of alkyl halides is 2. The van der Waals surface area contributed by atoms with Crippen molar-refractivity contribution in [3.63, 3.8) is 0 Å². The number of hydrogen-bond acceptors (Lipinski definition) is 9. The highest BCUT2D eigenvalue weighted by molar-refractivity contribution is 8.15. The molecule has 3 N–H and O–H groups in total. The lowest BCUT2D eigenvalue weighted by Gasteiger charge is -2.32. The predicted molar refractivity (Wildman–Crippen MR) is 121 cm³/mol. The first-order valence-corrected chi connectivity index (χ1v) is 11.0. The Morgan fingerprint density at radius 2 is 2.06 bits per heavy atom. The molecule has 3 aromatic rings. The molecular formula is C22H18F3N7OS. The fourth-order valence-electron chi connectivity index (χ4n) is 4.73. The second-order valence-electron chi connectivity index (χ2n) is 8.32. The second-order valence-corrected chi connectivity index (χ2v) is 9.67. The molecule has 2 aromatic heterocycles. The summed E-state index contributed by atoms with van der Waals surface area (Å²) >= 11 is 0.775. The van der Waals surface area contributed by atoms with E-state index in [9.17, 15) is 0 Å². The Morgan fingerprint density at radius 1 is 1.26 bits per heavy atom. The van der Waals surface area contributed by atoms with Crippen molar-refractivity contribution in [2.45, 2.75) is 23.1 Å². The van der Waals surface area contributed by atoms with E-state index in [0.29, 0.717) is 28.1 Å². The van der Waals surface area contributed by atoms with Gasteiger partial charge in [-0.2, -0.15) is 5.26 Å². The van der Waals surface area contributed by atoms with E-state index in [1.807, 2.05) is 6.07 Å². The lowest BCUT2D eigenvalue weighted by Crippen LogP contribution is -2.37. The van der Waals surface area contributed by atoms with Gasteiger partial charge in [-0.3, -0.25) is 4.99 Å². The smallest absolute Gasteiger partial charge is 0.272 e. The standard InChI is InChI=1S/C22H18F3N7OS/c1-20(18-21(9-33-2,22(18,24)25)34-19(27)32-20)13-6-12(3-4-14(13)23)31-17-16-15(29-10-30-17)5-11(7-26)8-28-16/h3-6,8,10,18H,9H2,1-2H3,(H2,27,32)(H,29,30,31)/t18-,20-,21+/m0/s1. The van der Waals surface area contributed by atoms with E-state index >= 15 is 13.2 Å². The monoisotopic (exact) mass is 485 g/mol. The number of methoxy groups -OCH3 is 1. The number of fused-ring (bicyclic) bond motifs is 2. The molecule has 8 nitrogen and oxygen atoms in total. The average Bonchev–Trinajstić information content (AvgIpc) is 3.29. The molecule has 0 saturated heterocycles. The molecule has 0 amide bonds. The molecule has 1 aromatic carbocycles. The number of halogens is 3. The number of benzene rings is 1. The summed E-state index contributed by atoms with van der Waals surface area (Å²) in [6.45, 7) is 1.22. The minimum atomic E-state index is -3.16. The number of hydrogen-bond donors (Lipinski definition) is 2. The number of nitriles is 1. The highest BCUT2D eigenvalue weighted by atomic mass is 32.2. The highest BCUT2D eigenvalue weighted by Crippen LogP contribution is 2.74. The van der Waals surface area contributed by atoms with Crippen LogP contribution in [0.2, 0.25) is 0 Å². The van der Waals surface area contributed by atoms with Crippen LogP contribution in [0, 0.1) is 23.1 Å². The number of nitrogens with two attached hydrogens (primary N) is 1. The van der Waals surface area contributed by atoms with E-state index < -0.39 is 27.9 Å². The number of rotatable bonds is 5. The topological polar surface area (TPSA) is 122 Å². The summed E-state index contributed by atoms with van der Waals surface area (Å²) in [6.07, 6.45) is 2.68. The normalized spacial score (nSPS) is 26.9. The van der Waals surface area contributed by atoms with Crippen molar-refractivity contribution < 1.29 is 17.9 Å². The van der Waals surface area contributed by atoms with Gasteiger partial charge in [0.05, 0.1) is 29.1 Å². The van der Waals surface area contributed by atoms with Crippen molar-refractivity contribution in [1.29, 1.82) is 5.26 Å². The van der Waals surface area contributed by atoms with Gasteiger partial charge in [0.25, 0.3) is 5.92 Å². The van der Waals surface area contributed by atoms with E-state index in [1.165, 1.54) is 44.8 Å². The molecule has 0 spiro atoms. The predicted octanol–water partition coefficient (Wildman–Crippen LogP) is 3.71. The Kier molecular flexibility index (Phi) is 4.96. The third kappa shape index (κ3) is 3.11. The average molecular weight is 485 g/mol. The maximum atomic E-state index is 15.1. The second kappa shape index (κ2) is 7.54. The van der Waals surface area contributed by atoms with Crippen LogP contribution in [0.15, 0.2) is 41.8 Å². The Labute approximate surface area is 196 Å². The number of amidine groups is 1. The van der Waals surface area contributed by atoms with Gasteiger partial charge in [-0.05, 0) is 31.2 Å². The molecule has 1 aliphatic carbocycles. The van der Waals surface area contributed by atoms with Crippen molar-refractivity contribution in [3.8, 4) is 6.07 Å². The van der Waals surface area contributed by atoms with Gasteiger partial charge in [-0.1, -0.05) is 11.8 Å². The summed E-state index contributed by atoms with van der Waals surface area (Å²) in [6, 6.07) is 7.62. The van der Waals surface area contributed by atoms with Crippen LogP contribution in [0.4, 0.5) is 24.7 Å². The Morgan fingerprint density at radius 3 is 2.79 bits per heavy atom. The van der Waals surface area contributed by atoms with Crippen molar-refractivity contribution in [1.82, 2.24) is 15.0 Å². The number of aliphatic imine (C=N–C) groups is 1. The van der Waals surface area contributed by atoms with Gasteiger partial charge in [0.15, 0.2) is 11.0 Å². The fourth-order valence-corrected chi connectivity index (χ4v) is 6.21.